The highest BCUT2D eigenvalue weighted by Gasteiger charge is 2.38. The standard InChI is InChI=1S/C19H36N4O/c1-7-18(6,8-2)23-15(16(24)19(20,9-3)10-4)13-14(5)17-21-11-12-22-17/h11-12,14-15,23H,7-10,13,20H2,1-6H3,(H,21,22). The Morgan fingerprint density at radius 3 is 2.25 bits per heavy atom. The van der Waals surface area contributed by atoms with Crippen LogP contribution in [0.15, 0.2) is 12.4 Å². The topological polar surface area (TPSA) is 83.8 Å². The molecule has 0 saturated carbocycles. The number of aromatic amines is 1. The van der Waals surface area contributed by atoms with Crippen molar-refractivity contribution in [2.75, 3.05) is 0 Å². The van der Waals surface area contributed by atoms with Gasteiger partial charge in [-0.25, -0.2) is 4.98 Å². The molecule has 0 aliphatic rings. The van der Waals surface area contributed by atoms with Crippen molar-refractivity contribution in [3.8, 4) is 0 Å². The highest BCUT2D eigenvalue weighted by atomic mass is 16.1. The average molecular weight is 337 g/mol. The first kappa shape index (κ1) is 20.8. The van der Waals surface area contributed by atoms with E-state index in [1.54, 1.807) is 6.20 Å². The van der Waals surface area contributed by atoms with Gasteiger partial charge in [0.15, 0.2) is 5.78 Å². The Hall–Kier alpha value is -1.20. The second-order valence-corrected chi connectivity index (χ2v) is 7.30. The van der Waals surface area contributed by atoms with Crippen LogP contribution in [0, 0.1) is 0 Å². The van der Waals surface area contributed by atoms with Crippen molar-refractivity contribution in [3.05, 3.63) is 18.2 Å². The minimum absolute atomic E-state index is 0.0639. The maximum atomic E-state index is 13.2. The minimum Gasteiger partial charge on any atom is -0.348 e. The van der Waals surface area contributed by atoms with Crippen LogP contribution in [0.3, 0.4) is 0 Å². The maximum Gasteiger partial charge on any atom is 0.169 e. The van der Waals surface area contributed by atoms with Gasteiger partial charge in [-0.1, -0.05) is 34.6 Å². The van der Waals surface area contributed by atoms with Crippen LogP contribution in [-0.4, -0.2) is 32.9 Å². The third kappa shape index (κ3) is 4.90. The van der Waals surface area contributed by atoms with E-state index >= 15 is 0 Å². The Kier molecular flexibility index (Phi) is 7.61. The number of Topliss-reactive ketones (excluding diaryl/α,β-unsaturated/α-hetero) is 1. The maximum absolute atomic E-state index is 13.2. The minimum atomic E-state index is -0.761. The summed E-state index contributed by atoms with van der Waals surface area (Å²) in [7, 11) is 0. The number of aromatic nitrogens is 2. The van der Waals surface area contributed by atoms with Crippen LogP contribution in [0.1, 0.15) is 85.4 Å². The van der Waals surface area contributed by atoms with Crippen molar-refractivity contribution in [3.63, 3.8) is 0 Å². The normalized spacial score (nSPS) is 15.3. The fourth-order valence-corrected chi connectivity index (χ4v) is 3.06. The average Bonchev–Trinajstić information content (AvgIpc) is 3.14. The van der Waals surface area contributed by atoms with Crippen LogP contribution < -0.4 is 11.1 Å². The van der Waals surface area contributed by atoms with E-state index in [4.69, 9.17) is 5.73 Å². The molecule has 1 rings (SSSR count). The molecule has 0 fully saturated rings. The summed E-state index contributed by atoms with van der Waals surface area (Å²) in [5.74, 6) is 1.20. The SMILES string of the molecule is CCC(C)(CC)NC(CC(C)c1ncc[nH]1)C(=O)C(N)(CC)CC. The zero-order chi connectivity index (χ0) is 18.4. The summed E-state index contributed by atoms with van der Waals surface area (Å²) in [4.78, 5) is 20.7. The highest BCUT2D eigenvalue weighted by Crippen LogP contribution is 2.25. The quantitative estimate of drug-likeness (QED) is 0.577. The fourth-order valence-electron chi connectivity index (χ4n) is 3.06. The lowest BCUT2D eigenvalue weighted by molar-refractivity contribution is -0.127. The molecule has 5 heteroatoms. The lowest BCUT2D eigenvalue weighted by Gasteiger charge is -2.38. The zero-order valence-corrected chi connectivity index (χ0v) is 16.3. The molecule has 0 amide bonds. The first-order valence-electron chi connectivity index (χ1n) is 9.35. The highest BCUT2D eigenvalue weighted by molar-refractivity contribution is 5.92. The molecule has 0 spiro atoms. The van der Waals surface area contributed by atoms with Crippen molar-refractivity contribution in [1.29, 1.82) is 0 Å². The number of hydrogen-bond donors (Lipinski definition) is 3. The lowest BCUT2D eigenvalue weighted by atomic mass is 9.81. The molecule has 4 N–H and O–H groups in total. The van der Waals surface area contributed by atoms with E-state index in [9.17, 15) is 4.79 Å². The number of nitrogens with zero attached hydrogens (tertiary/aromatic N) is 1. The molecule has 138 valence electrons. The van der Waals surface area contributed by atoms with E-state index in [1.165, 1.54) is 0 Å². The number of nitrogens with one attached hydrogen (secondary N) is 2. The summed E-state index contributed by atoms with van der Waals surface area (Å²) in [6, 6.07) is -0.264. The van der Waals surface area contributed by atoms with Crippen LogP contribution in [-0.2, 0) is 4.79 Å². The monoisotopic (exact) mass is 336 g/mol. The molecule has 5 nitrogen and oxygen atoms in total. The van der Waals surface area contributed by atoms with Crippen LogP contribution in [0.2, 0.25) is 0 Å². The van der Waals surface area contributed by atoms with Gasteiger partial charge in [0.05, 0.1) is 11.6 Å². The van der Waals surface area contributed by atoms with Gasteiger partial charge in [-0.3, -0.25) is 4.79 Å². The Morgan fingerprint density at radius 2 is 1.83 bits per heavy atom. The number of imidazole rings is 1. The molecular formula is C19H36N4O. The van der Waals surface area contributed by atoms with Crippen molar-refractivity contribution >= 4 is 5.78 Å². The number of hydrogen-bond acceptors (Lipinski definition) is 4. The lowest BCUT2D eigenvalue weighted by Crippen LogP contribution is -2.59. The van der Waals surface area contributed by atoms with Gasteiger partial charge in [0.25, 0.3) is 0 Å². The predicted octanol–water partition coefficient (Wildman–Crippen LogP) is 3.53. The molecule has 2 atom stereocenters. The second-order valence-electron chi connectivity index (χ2n) is 7.30. The summed E-state index contributed by atoms with van der Waals surface area (Å²) in [5.41, 5.74) is 5.60. The number of ketones is 1. The van der Waals surface area contributed by atoms with Crippen LogP contribution in [0.4, 0.5) is 0 Å². The van der Waals surface area contributed by atoms with E-state index in [1.807, 2.05) is 20.0 Å². The Morgan fingerprint density at radius 1 is 1.25 bits per heavy atom. The van der Waals surface area contributed by atoms with Gasteiger partial charge in [-0.15, -0.1) is 0 Å². The van der Waals surface area contributed by atoms with Crippen molar-refractivity contribution in [2.45, 2.75) is 96.7 Å². The first-order valence-corrected chi connectivity index (χ1v) is 9.35. The van der Waals surface area contributed by atoms with Gasteiger partial charge in [0.2, 0.25) is 0 Å². The third-order valence-corrected chi connectivity index (χ3v) is 5.73. The number of carbonyl (C=O) groups is 1. The molecule has 2 unspecified atom stereocenters. The van der Waals surface area contributed by atoms with E-state index in [0.29, 0.717) is 19.3 Å². The van der Waals surface area contributed by atoms with Crippen molar-refractivity contribution in [2.24, 2.45) is 5.73 Å². The summed E-state index contributed by atoms with van der Waals surface area (Å²) >= 11 is 0. The van der Waals surface area contributed by atoms with Gasteiger partial charge >= 0.3 is 0 Å². The van der Waals surface area contributed by atoms with E-state index in [0.717, 1.165) is 18.7 Å². The van der Waals surface area contributed by atoms with Crippen LogP contribution in [0.5, 0.6) is 0 Å². The summed E-state index contributed by atoms with van der Waals surface area (Å²) in [6.07, 6.45) is 7.53. The molecular weight excluding hydrogens is 300 g/mol. The number of carbonyl (C=O) groups excluding carboxylic acids is 1. The van der Waals surface area contributed by atoms with Crippen LogP contribution in [0.25, 0.3) is 0 Å². The molecule has 24 heavy (non-hydrogen) atoms. The molecule has 0 aromatic carbocycles. The molecule has 1 aromatic heterocycles. The largest absolute Gasteiger partial charge is 0.348 e. The zero-order valence-electron chi connectivity index (χ0n) is 16.3. The van der Waals surface area contributed by atoms with Crippen molar-refractivity contribution < 1.29 is 4.79 Å². The summed E-state index contributed by atoms with van der Waals surface area (Å²) in [5, 5.41) is 3.63. The van der Waals surface area contributed by atoms with E-state index in [2.05, 4.69) is 43.0 Å². The van der Waals surface area contributed by atoms with E-state index < -0.39 is 5.54 Å². The smallest absolute Gasteiger partial charge is 0.169 e. The van der Waals surface area contributed by atoms with Crippen LogP contribution >= 0.6 is 0 Å². The molecule has 0 saturated heterocycles. The van der Waals surface area contributed by atoms with Crippen molar-refractivity contribution in [1.82, 2.24) is 15.3 Å². The summed E-state index contributed by atoms with van der Waals surface area (Å²) in [6.45, 7) is 12.6. The number of rotatable bonds is 11. The second kappa shape index (κ2) is 8.77. The van der Waals surface area contributed by atoms with Gasteiger partial charge in [0.1, 0.15) is 5.82 Å². The van der Waals surface area contributed by atoms with Gasteiger partial charge < -0.3 is 16.0 Å². The number of H-pyrrole nitrogens is 1. The first-order chi connectivity index (χ1) is 11.2. The Labute approximate surface area is 147 Å². The molecule has 0 aliphatic carbocycles. The summed E-state index contributed by atoms with van der Waals surface area (Å²) < 4.78 is 0. The molecule has 0 radical (unpaired) electrons. The Balaban J connectivity index is 3.04. The van der Waals surface area contributed by atoms with E-state index in [-0.39, 0.29) is 23.3 Å². The molecule has 1 aromatic rings. The molecule has 0 bridgehead atoms. The number of nitrogens with two attached hydrogens (primary N) is 1. The predicted molar refractivity (Wildman–Crippen MR) is 100 cm³/mol. The molecule has 0 aliphatic heterocycles. The van der Waals surface area contributed by atoms with Gasteiger partial charge in [0, 0.05) is 23.9 Å². The van der Waals surface area contributed by atoms with Gasteiger partial charge in [-0.2, -0.15) is 0 Å². The van der Waals surface area contributed by atoms with Gasteiger partial charge in [-0.05, 0) is 39.0 Å². The third-order valence-electron chi connectivity index (χ3n) is 5.73. The molecule has 1 heterocycles. The fraction of sp³-hybridized carbons (Fsp3) is 0.789. The Bertz CT molecular complexity index is 489.